The summed E-state index contributed by atoms with van der Waals surface area (Å²) in [7, 11) is 6.63. The van der Waals surface area contributed by atoms with Gasteiger partial charge in [-0.3, -0.25) is 4.99 Å². The molecule has 8 heteroatoms. The molecule has 1 aromatic rings. The molecule has 0 spiro atoms. The molecule has 1 fully saturated rings. The number of hydrogen-bond acceptors (Lipinski definition) is 6. The van der Waals surface area contributed by atoms with E-state index in [2.05, 4.69) is 15.6 Å². The zero-order valence-corrected chi connectivity index (χ0v) is 18.1. The highest BCUT2D eigenvalue weighted by Gasteiger charge is 2.14. The molecule has 2 rings (SSSR count). The van der Waals surface area contributed by atoms with E-state index in [0.717, 1.165) is 57.8 Å². The Bertz CT molecular complexity index is 608. The first-order valence-electron chi connectivity index (χ1n) is 10.1. The van der Waals surface area contributed by atoms with E-state index in [9.17, 15) is 0 Å². The van der Waals surface area contributed by atoms with Gasteiger partial charge in [-0.1, -0.05) is 0 Å². The number of methoxy groups -OCH3 is 3. The van der Waals surface area contributed by atoms with Crippen molar-refractivity contribution >= 4 is 5.96 Å². The van der Waals surface area contributed by atoms with Crippen LogP contribution in [0, 0.1) is 5.92 Å². The van der Waals surface area contributed by atoms with Crippen LogP contribution in [0.25, 0.3) is 0 Å². The molecule has 1 aliphatic rings. The fourth-order valence-electron chi connectivity index (χ4n) is 3.19. The van der Waals surface area contributed by atoms with Crippen LogP contribution in [0.15, 0.2) is 17.1 Å². The van der Waals surface area contributed by atoms with E-state index in [-0.39, 0.29) is 0 Å². The van der Waals surface area contributed by atoms with Crippen LogP contribution in [0.4, 0.5) is 0 Å². The summed E-state index contributed by atoms with van der Waals surface area (Å²) in [6.07, 6.45) is 3.12. The Morgan fingerprint density at radius 2 is 1.76 bits per heavy atom. The highest BCUT2D eigenvalue weighted by Crippen LogP contribution is 2.33. The maximum Gasteiger partial charge on any atom is 0.191 e. The Kier molecular flexibility index (Phi) is 10.4. The second-order valence-electron chi connectivity index (χ2n) is 6.85. The summed E-state index contributed by atoms with van der Waals surface area (Å²) >= 11 is 0. The number of nitrogens with zero attached hydrogens (tertiary/aromatic N) is 1. The highest BCUT2D eigenvalue weighted by atomic mass is 16.5. The standard InChI is InChI=1S/C21H35N3O5/c1-22-21(23-8-5-9-29-15-16-6-10-28-11-7-16)24-14-18-19(26-3)12-17(25-2)13-20(18)27-4/h12-13,16H,5-11,14-15H2,1-4H3,(H2,22,23,24). The minimum absolute atomic E-state index is 0.510. The molecule has 0 radical (unpaired) electrons. The molecule has 164 valence electrons. The van der Waals surface area contributed by atoms with Crippen molar-refractivity contribution in [3.05, 3.63) is 17.7 Å². The lowest BCUT2D eigenvalue weighted by Crippen LogP contribution is -2.37. The molecule has 0 aliphatic carbocycles. The molecule has 0 aromatic heterocycles. The largest absolute Gasteiger partial charge is 0.496 e. The summed E-state index contributed by atoms with van der Waals surface area (Å²) in [5.74, 6) is 3.44. The molecule has 1 heterocycles. The second-order valence-corrected chi connectivity index (χ2v) is 6.85. The number of aliphatic imine (C=N–C) groups is 1. The number of hydrogen-bond donors (Lipinski definition) is 2. The quantitative estimate of drug-likeness (QED) is 0.329. The van der Waals surface area contributed by atoms with Crippen molar-refractivity contribution in [2.24, 2.45) is 10.9 Å². The van der Waals surface area contributed by atoms with E-state index >= 15 is 0 Å². The zero-order chi connectivity index (χ0) is 20.9. The molecule has 0 bridgehead atoms. The lowest BCUT2D eigenvalue weighted by molar-refractivity contribution is 0.0203. The third-order valence-electron chi connectivity index (χ3n) is 4.93. The predicted molar refractivity (Wildman–Crippen MR) is 113 cm³/mol. The normalized spacial score (nSPS) is 15.1. The molecule has 0 saturated carbocycles. The fraction of sp³-hybridized carbons (Fsp3) is 0.667. The first-order valence-corrected chi connectivity index (χ1v) is 10.1. The monoisotopic (exact) mass is 409 g/mol. The molecule has 0 amide bonds. The Labute approximate surface area is 173 Å². The first kappa shape index (κ1) is 23.1. The molecule has 1 aliphatic heterocycles. The summed E-state index contributed by atoms with van der Waals surface area (Å²) in [6.45, 7) is 4.58. The van der Waals surface area contributed by atoms with Gasteiger partial charge in [0.15, 0.2) is 5.96 Å². The van der Waals surface area contributed by atoms with Gasteiger partial charge in [-0.05, 0) is 25.2 Å². The smallest absolute Gasteiger partial charge is 0.191 e. The molecule has 29 heavy (non-hydrogen) atoms. The van der Waals surface area contributed by atoms with Gasteiger partial charge in [-0.2, -0.15) is 0 Å². The van der Waals surface area contributed by atoms with E-state index in [4.69, 9.17) is 23.7 Å². The van der Waals surface area contributed by atoms with Crippen molar-refractivity contribution in [2.45, 2.75) is 25.8 Å². The van der Waals surface area contributed by atoms with Gasteiger partial charge in [-0.15, -0.1) is 0 Å². The molecular weight excluding hydrogens is 374 g/mol. The Morgan fingerprint density at radius 1 is 1.07 bits per heavy atom. The molecule has 2 N–H and O–H groups in total. The first-order chi connectivity index (χ1) is 14.2. The van der Waals surface area contributed by atoms with Gasteiger partial charge in [0.05, 0.1) is 33.4 Å². The zero-order valence-electron chi connectivity index (χ0n) is 18.1. The van der Waals surface area contributed by atoms with Gasteiger partial charge in [0.2, 0.25) is 0 Å². The van der Waals surface area contributed by atoms with E-state index in [1.165, 1.54) is 0 Å². The minimum Gasteiger partial charge on any atom is -0.496 e. The topological polar surface area (TPSA) is 82.6 Å². The van der Waals surface area contributed by atoms with Crippen LogP contribution >= 0.6 is 0 Å². The molecule has 1 aromatic carbocycles. The van der Waals surface area contributed by atoms with Crippen LogP contribution in [0.5, 0.6) is 17.2 Å². The van der Waals surface area contributed by atoms with Crippen molar-refractivity contribution in [3.8, 4) is 17.2 Å². The van der Waals surface area contributed by atoms with Gasteiger partial charge >= 0.3 is 0 Å². The summed E-state index contributed by atoms with van der Waals surface area (Å²) in [4.78, 5) is 4.27. The van der Waals surface area contributed by atoms with Crippen LogP contribution in [-0.4, -0.2) is 67.3 Å². The van der Waals surface area contributed by atoms with Gasteiger partial charge in [-0.25, -0.2) is 0 Å². The Balaban J connectivity index is 1.73. The predicted octanol–water partition coefficient (Wildman–Crippen LogP) is 2.21. The van der Waals surface area contributed by atoms with Crippen molar-refractivity contribution in [3.63, 3.8) is 0 Å². The number of ether oxygens (including phenoxy) is 5. The lowest BCUT2D eigenvalue weighted by Gasteiger charge is -2.21. The number of guanidine groups is 1. The SMILES string of the molecule is CN=C(NCCCOCC1CCOCC1)NCc1c(OC)cc(OC)cc1OC. The van der Waals surface area contributed by atoms with Crippen LogP contribution in [0.2, 0.25) is 0 Å². The van der Waals surface area contributed by atoms with Crippen LogP contribution in [0.1, 0.15) is 24.8 Å². The fourth-order valence-corrected chi connectivity index (χ4v) is 3.19. The average molecular weight is 410 g/mol. The van der Waals surface area contributed by atoms with Gasteiger partial charge in [0.1, 0.15) is 17.2 Å². The Hall–Kier alpha value is -2.19. The van der Waals surface area contributed by atoms with Crippen molar-refractivity contribution in [1.82, 2.24) is 10.6 Å². The summed E-state index contributed by atoms with van der Waals surface area (Å²) < 4.78 is 27.4. The molecule has 0 unspecified atom stereocenters. The van der Waals surface area contributed by atoms with Crippen LogP contribution < -0.4 is 24.8 Å². The number of benzene rings is 1. The Morgan fingerprint density at radius 3 is 2.34 bits per heavy atom. The summed E-state index contributed by atoms with van der Waals surface area (Å²) in [6, 6.07) is 3.68. The third kappa shape index (κ3) is 7.62. The van der Waals surface area contributed by atoms with Crippen molar-refractivity contribution in [2.75, 3.05) is 61.3 Å². The lowest BCUT2D eigenvalue weighted by atomic mass is 10.0. The highest BCUT2D eigenvalue weighted by molar-refractivity contribution is 5.79. The minimum atomic E-state index is 0.510. The second kappa shape index (κ2) is 13.1. The van der Waals surface area contributed by atoms with Crippen LogP contribution in [0.3, 0.4) is 0 Å². The third-order valence-corrected chi connectivity index (χ3v) is 4.93. The average Bonchev–Trinajstić information content (AvgIpc) is 2.78. The van der Waals surface area contributed by atoms with E-state index in [0.29, 0.717) is 35.7 Å². The maximum atomic E-state index is 5.80. The van der Waals surface area contributed by atoms with Gasteiger partial charge in [0.25, 0.3) is 0 Å². The molecular formula is C21H35N3O5. The number of nitrogens with one attached hydrogen (secondary N) is 2. The van der Waals surface area contributed by atoms with Gasteiger partial charge in [0, 0.05) is 52.2 Å². The molecule has 8 nitrogen and oxygen atoms in total. The molecule has 0 atom stereocenters. The van der Waals surface area contributed by atoms with E-state index in [1.54, 1.807) is 28.4 Å². The van der Waals surface area contributed by atoms with Crippen molar-refractivity contribution < 1.29 is 23.7 Å². The van der Waals surface area contributed by atoms with Gasteiger partial charge < -0.3 is 34.3 Å². The number of rotatable bonds is 11. The van der Waals surface area contributed by atoms with Crippen LogP contribution in [-0.2, 0) is 16.0 Å². The summed E-state index contributed by atoms with van der Waals surface area (Å²) in [5, 5.41) is 6.61. The van der Waals surface area contributed by atoms with E-state index in [1.807, 2.05) is 12.1 Å². The molecule has 1 saturated heterocycles. The summed E-state index contributed by atoms with van der Waals surface area (Å²) in [5.41, 5.74) is 0.901. The maximum absolute atomic E-state index is 5.80. The van der Waals surface area contributed by atoms with Crippen molar-refractivity contribution in [1.29, 1.82) is 0 Å². The van der Waals surface area contributed by atoms with E-state index < -0.39 is 0 Å².